The van der Waals surface area contributed by atoms with Crippen molar-refractivity contribution in [2.24, 2.45) is 0 Å². The van der Waals surface area contributed by atoms with Crippen LogP contribution >= 0.6 is 11.3 Å². The van der Waals surface area contributed by atoms with Crippen molar-refractivity contribution in [3.8, 4) is 10.4 Å². The van der Waals surface area contributed by atoms with Crippen molar-refractivity contribution >= 4 is 17.2 Å². The van der Waals surface area contributed by atoms with Gasteiger partial charge < -0.3 is 10.6 Å². The van der Waals surface area contributed by atoms with Crippen LogP contribution in [0.15, 0.2) is 72.8 Å². The summed E-state index contributed by atoms with van der Waals surface area (Å²) < 4.78 is 0. The summed E-state index contributed by atoms with van der Waals surface area (Å²) in [5.74, 6) is 0.00948. The van der Waals surface area contributed by atoms with Gasteiger partial charge in [-0.15, -0.1) is 11.3 Å². The van der Waals surface area contributed by atoms with Gasteiger partial charge in [-0.25, -0.2) is 0 Å². The van der Waals surface area contributed by atoms with E-state index in [9.17, 15) is 4.79 Å². The van der Waals surface area contributed by atoms with Crippen LogP contribution in [-0.2, 0) is 6.54 Å². The molecule has 0 saturated heterocycles. The molecule has 0 bridgehead atoms. The maximum Gasteiger partial charge on any atom is 0.261 e. The lowest BCUT2D eigenvalue weighted by molar-refractivity contribution is 0.0957. The Bertz CT molecular complexity index is 784. The van der Waals surface area contributed by atoms with Crippen molar-refractivity contribution in [2.45, 2.75) is 13.0 Å². The monoisotopic (exact) mass is 350 g/mol. The summed E-state index contributed by atoms with van der Waals surface area (Å²) >= 11 is 1.53. The van der Waals surface area contributed by atoms with E-state index in [0.717, 1.165) is 34.8 Å². The summed E-state index contributed by atoms with van der Waals surface area (Å²) in [6, 6.07) is 24.4. The molecule has 0 fully saturated rings. The van der Waals surface area contributed by atoms with Crippen LogP contribution in [0.3, 0.4) is 0 Å². The van der Waals surface area contributed by atoms with Crippen molar-refractivity contribution in [3.63, 3.8) is 0 Å². The number of benzene rings is 2. The van der Waals surface area contributed by atoms with E-state index in [1.54, 1.807) is 0 Å². The Morgan fingerprint density at radius 1 is 0.840 bits per heavy atom. The fraction of sp³-hybridized carbons (Fsp3) is 0.190. The van der Waals surface area contributed by atoms with Gasteiger partial charge in [-0.3, -0.25) is 4.79 Å². The molecule has 0 aliphatic rings. The lowest BCUT2D eigenvalue weighted by atomic mass is 10.2. The Morgan fingerprint density at radius 3 is 2.32 bits per heavy atom. The maximum atomic E-state index is 12.2. The highest BCUT2D eigenvalue weighted by Crippen LogP contribution is 2.27. The molecule has 0 spiro atoms. The number of hydrogen-bond acceptors (Lipinski definition) is 3. The maximum absolute atomic E-state index is 12.2. The van der Waals surface area contributed by atoms with Crippen LogP contribution in [0.5, 0.6) is 0 Å². The number of hydrogen-bond donors (Lipinski definition) is 2. The van der Waals surface area contributed by atoms with E-state index in [4.69, 9.17) is 0 Å². The van der Waals surface area contributed by atoms with Crippen molar-refractivity contribution in [1.82, 2.24) is 10.6 Å². The molecule has 0 saturated carbocycles. The SMILES string of the molecule is O=C(NCCCNCc1ccccc1)c1ccc(-c2ccccc2)s1. The molecule has 1 heterocycles. The Hall–Kier alpha value is -2.43. The second-order valence-corrected chi connectivity index (χ2v) is 6.89. The van der Waals surface area contributed by atoms with Crippen molar-refractivity contribution in [1.29, 1.82) is 0 Å². The molecule has 2 N–H and O–H groups in total. The predicted molar refractivity (Wildman–Crippen MR) is 105 cm³/mol. The van der Waals surface area contributed by atoms with Crippen molar-refractivity contribution in [2.75, 3.05) is 13.1 Å². The molecule has 1 aromatic heterocycles. The minimum absolute atomic E-state index is 0.00948. The molecule has 0 radical (unpaired) electrons. The molecule has 0 atom stereocenters. The lowest BCUT2D eigenvalue weighted by Crippen LogP contribution is -2.26. The molecule has 2 aromatic carbocycles. The minimum Gasteiger partial charge on any atom is -0.351 e. The Morgan fingerprint density at radius 2 is 1.56 bits per heavy atom. The zero-order valence-corrected chi connectivity index (χ0v) is 14.9. The minimum atomic E-state index is 0.00948. The molecule has 0 aliphatic carbocycles. The largest absolute Gasteiger partial charge is 0.351 e. The van der Waals surface area contributed by atoms with Gasteiger partial charge in [0.25, 0.3) is 5.91 Å². The van der Waals surface area contributed by atoms with Gasteiger partial charge in [0.15, 0.2) is 0 Å². The van der Waals surface area contributed by atoms with Gasteiger partial charge >= 0.3 is 0 Å². The van der Waals surface area contributed by atoms with Gasteiger partial charge in [0.05, 0.1) is 4.88 Å². The molecule has 0 unspecified atom stereocenters. The second kappa shape index (κ2) is 9.16. The topological polar surface area (TPSA) is 41.1 Å². The molecule has 128 valence electrons. The van der Waals surface area contributed by atoms with Gasteiger partial charge in [-0.1, -0.05) is 60.7 Å². The van der Waals surface area contributed by atoms with Gasteiger partial charge in [-0.05, 0) is 36.2 Å². The van der Waals surface area contributed by atoms with Crippen molar-refractivity contribution < 1.29 is 4.79 Å². The van der Waals surface area contributed by atoms with Gasteiger partial charge in [0.2, 0.25) is 0 Å². The third-order valence-electron chi connectivity index (χ3n) is 3.88. The van der Waals surface area contributed by atoms with E-state index >= 15 is 0 Å². The fourth-order valence-corrected chi connectivity index (χ4v) is 3.48. The highest BCUT2D eigenvalue weighted by atomic mass is 32.1. The van der Waals surface area contributed by atoms with Crippen LogP contribution in [0.2, 0.25) is 0 Å². The molecule has 0 aliphatic heterocycles. The molecule has 3 aromatic rings. The summed E-state index contributed by atoms with van der Waals surface area (Å²) in [7, 11) is 0. The van der Waals surface area contributed by atoms with Crippen molar-refractivity contribution in [3.05, 3.63) is 83.2 Å². The predicted octanol–water partition coefficient (Wildman–Crippen LogP) is 4.32. The summed E-state index contributed by atoms with van der Waals surface area (Å²) in [5, 5.41) is 6.39. The first kappa shape index (κ1) is 17.4. The Kier molecular flexibility index (Phi) is 6.37. The van der Waals surface area contributed by atoms with Gasteiger partial charge in [0, 0.05) is 18.0 Å². The fourth-order valence-electron chi connectivity index (χ4n) is 2.55. The van der Waals surface area contributed by atoms with E-state index < -0.39 is 0 Å². The summed E-state index contributed by atoms with van der Waals surface area (Å²) in [4.78, 5) is 14.1. The molecule has 3 nitrogen and oxygen atoms in total. The average Bonchev–Trinajstić information content (AvgIpc) is 3.16. The standard InChI is InChI=1S/C21H22N2OS/c24-21(20-13-12-19(25-20)18-10-5-2-6-11-18)23-15-7-14-22-16-17-8-3-1-4-9-17/h1-6,8-13,22H,7,14-16H2,(H,23,24). The Labute approximate surface area is 152 Å². The van der Waals surface area contributed by atoms with E-state index in [2.05, 4.69) is 34.9 Å². The number of thiophene rings is 1. The molecular formula is C21H22N2OS. The van der Waals surface area contributed by atoms with Gasteiger partial charge in [0.1, 0.15) is 0 Å². The molecule has 3 rings (SSSR count). The first-order valence-corrected chi connectivity index (χ1v) is 9.33. The number of nitrogens with one attached hydrogen (secondary N) is 2. The first-order valence-electron chi connectivity index (χ1n) is 8.51. The van der Waals surface area contributed by atoms with Crippen LogP contribution in [0.25, 0.3) is 10.4 Å². The number of rotatable bonds is 8. The molecule has 1 amide bonds. The number of amides is 1. The normalized spacial score (nSPS) is 10.6. The van der Waals surface area contributed by atoms with Gasteiger partial charge in [-0.2, -0.15) is 0 Å². The summed E-state index contributed by atoms with van der Waals surface area (Å²) in [6.07, 6.45) is 0.912. The van der Waals surface area contributed by atoms with E-state index in [-0.39, 0.29) is 5.91 Å². The van der Waals surface area contributed by atoms with Crippen LogP contribution in [0.4, 0.5) is 0 Å². The summed E-state index contributed by atoms with van der Waals surface area (Å²) in [6.45, 7) is 2.42. The van der Waals surface area contributed by atoms with Crippen LogP contribution in [-0.4, -0.2) is 19.0 Å². The van der Waals surface area contributed by atoms with Crippen LogP contribution in [0, 0.1) is 0 Å². The Balaban J connectivity index is 1.37. The highest BCUT2D eigenvalue weighted by molar-refractivity contribution is 7.17. The molecular weight excluding hydrogens is 328 g/mol. The third kappa shape index (κ3) is 5.28. The van der Waals surface area contributed by atoms with E-state index in [1.165, 1.54) is 16.9 Å². The second-order valence-electron chi connectivity index (χ2n) is 5.80. The first-order chi connectivity index (χ1) is 12.3. The van der Waals surface area contributed by atoms with Crippen LogP contribution < -0.4 is 10.6 Å². The summed E-state index contributed by atoms with van der Waals surface area (Å²) in [5.41, 5.74) is 2.43. The zero-order chi connectivity index (χ0) is 17.3. The zero-order valence-electron chi connectivity index (χ0n) is 14.1. The van der Waals surface area contributed by atoms with E-state index in [1.807, 2.05) is 48.5 Å². The number of carbonyl (C=O) groups is 1. The molecule has 4 heteroatoms. The molecule has 25 heavy (non-hydrogen) atoms. The van der Waals surface area contributed by atoms with Crippen LogP contribution in [0.1, 0.15) is 21.7 Å². The van der Waals surface area contributed by atoms with E-state index in [0.29, 0.717) is 6.54 Å². The lowest BCUT2D eigenvalue weighted by Gasteiger charge is -2.06. The quantitative estimate of drug-likeness (QED) is 0.594. The third-order valence-corrected chi connectivity index (χ3v) is 5.01. The highest BCUT2D eigenvalue weighted by Gasteiger charge is 2.09. The number of carbonyl (C=O) groups excluding carboxylic acids is 1. The smallest absolute Gasteiger partial charge is 0.261 e. The average molecular weight is 350 g/mol.